The molecule has 0 unspecified atom stereocenters. The number of rotatable bonds is 6. The molecular weight excluding hydrogens is 458 g/mol. The number of carbonyl (C=O) groups is 1. The van der Waals surface area contributed by atoms with Crippen LogP contribution in [0.5, 0.6) is 0 Å². The van der Waals surface area contributed by atoms with Gasteiger partial charge in [-0.15, -0.1) is 24.0 Å². The highest BCUT2D eigenvalue weighted by Crippen LogP contribution is 2.48. The summed E-state index contributed by atoms with van der Waals surface area (Å²) >= 11 is 0. The van der Waals surface area contributed by atoms with E-state index >= 15 is 0 Å². The first kappa shape index (κ1) is 21.9. The number of amides is 1. The third kappa shape index (κ3) is 5.80. The third-order valence-electron chi connectivity index (χ3n) is 5.46. The molecule has 0 spiro atoms. The smallest absolute Gasteiger partial charge is 0.243 e. The Hall–Kier alpha value is -1.38. The Bertz CT molecular complexity index is 670. The van der Waals surface area contributed by atoms with Gasteiger partial charge in [-0.3, -0.25) is 4.79 Å². The van der Waals surface area contributed by atoms with Gasteiger partial charge in [-0.05, 0) is 37.3 Å². The number of nitrogens with zero attached hydrogens (tertiary/aromatic N) is 2. The molecule has 7 heteroatoms. The van der Waals surface area contributed by atoms with E-state index in [0.717, 1.165) is 31.2 Å². The number of guanidine groups is 1. The second-order valence-corrected chi connectivity index (χ2v) is 7.69. The molecule has 2 N–H and O–H groups in total. The Morgan fingerprint density at radius 2 is 1.93 bits per heavy atom. The molecule has 1 amide bonds. The third-order valence-corrected chi connectivity index (χ3v) is 5.46. The predicted molar refractivity (Wildman–Crippen MR) is 117 cm³/mol. The molecule has 0 aliphatic heterocycles. The van der Waals surface area contributed by atoms with Crippen molar-refractivity contribution in [2.75, 3.05) is 27.2 Å². The van der Waals surface area contributed by atoms with Crippen LogP contribution >= 0.6 is 24.0 Å². The normalized spacial score (nSPS) is 18.6. The molecule has 2 saturated carbocycles. The predicted octanol–water partition coefficient (Wildman–Crippen LogP) is 3.04. The van der Waals surface area contributed by atoms with Gasteiger partial charge in [0.25, 0.3) is 0 Å². The van der Waals surface area contributed by atoms with E-state index < -0.39 is 0 Å². The summed E-state index contributed by atoms with van der Waals surface area (Å²) < 4.78 is 14.2. The quantitative estimate of drug-likeness (QED) is 0.368. The molecular formula is C20H30FIN4O. The monoisotopic (exact) mass is 488 g/mol. The molecule has 0 atom stereocenters. The number of aliphatic imine (C=N–C) groups is 1. The van der Waals surface area contributed by atoms with Gasteiger partial charge < -0.3 is 15.5 Å². The van der Waals surface area contributed by atoms with Crippen LogP contribution in [0, 0.1) is 5.82 Å². The Labute approximate surface area is 178 Å². The van der Waals surface area contributed by atoms with E-state index in [1.165, 1.54) is 18.9 Å². The molecule has 0 bridgehead atoms. The lowest BCUT2D eigenvalue weighted by molar-refractivity contribution is -0.127. The van der Waals surface area contributed by atoms with Crippen LogP contribution in [0.25, 0.3) is 0 Å². The highest BCUT2D eigenvalue weighted by molar-refractivity contribution is 14.0. The van der Waals surface area contributed by atoms with Crippen LogP contribution < -0.4 is 10.6 Å². The zero-order chi connectivity index (χ0) is 18.6. The van der Waals surface area contributed by atoms with Crippen molar-refractivity contribution in [2.45, 2.75) is 50.0 Å². The van der Waals surface area contributed by atoms with E-state index in [9.17, 15) is 9.18 Å². The molecule has 0 heterocycles. The molecule has 5 nitrogen and oxygen atoms in total. The minimum Gasteiger partial charge on any atom is -0.355 e. The van der Waals surface area contributed by atoms with Crippen LogP contribution in [0.1, 0.15) is 44.1 Å². The number of nitrogens with one attached hydrogen (secondary N) is 2. The van der Waals surface area contributed by atoms with E-state index in [2.05, 4.69) is 15.6 Å². The number of likely N-dealkylation sites (N-methyl/N-ethyl adjacent to an activating group) is 1. The molecule has 3 rings (SSSR count). The van der Waals surface area contributed by atoms with E-state index in [1.807, 2.05) is 12.1 Å². The van der Waals surface area contributed by atoms with Crippen molar-refractivity contribution in [2.24, 2.45) is 4.99 Å². The number of carbonyl (C=O) groups excluding carboxylic acids is 1. The lowest BCUT2D eigenvalue weighted by Gasteiger charge is -2.22. The molecule has 0 radical (unpaired) electrons. The molecule has 1 aromatic carbocycles. The van der Waals surface area contributed by atoms with Crippen LogP contribution in [0.4, 0.5) is 4.39 Å². The highest BCUT2D eigenvalue weighted by atomic mass is 127. The van der Waals surface area contributed by atoms with Crippen molar-refractivity contribution in [3.05, 3.63) is 35.6 Å². The summed E-state index contributed by atoms with van der Waals surface area (Å²) in [6.45, 7) is 0.740. The first-order valence-electron chi connectivity index (χ1n) is 9.50. The van der Waals surface area contributed by atoms with E-state index in [1.54, 1.807) is 25.1 Å². The summed E-state index contributed by atoms with van der Waals surface area (Å²) in [5.41, 5.74) is 0.617. The van der Waals surface area contributed by atoms with Crippen LogP contribution in [-0.2, 0) is 10.2 Å². The Kier molecular flexibility index (Phi) is 7.88. The van der Waals surface area contributed by atoms with Gasteiger partial charge in [-0.1, -0.05) is 31.0 Å². The van der Waals surface area contributed by atoms with Crippen molar-refractivity contribution in [3.63, 3.8) is 0 Å². The minimum atomic E-state index is -0.158. The summed E-state index contributed by atoms with van der Waals surface area (Å²) in [5, 5.41) is 6.82. The maximum atomic E-state index is 14.2. The summed E-state index contributed by atoms with van der Waals surface area (Å²) in [6, 6.07) is 7.42. The SMILES string of the molecule is CN(C)C(=O)CN=C(NCC1(c2ccccc2F)CC1)NC1CCCC1.I. The Morgan fingerprint density at radius 1 is 1.26 bits per heavy atom. The topological polar surface area (TPSA) is 56.7 Å². The van der Waals surface area contributed by atoms with Gasteiger partial charge in [0.1, 0.15) is 12.4 Å². The Morgan fingerprint density at radius 3 is 2.52 bits per heavy atom. The molecule has 0 aromatic heterocycles. The van der Waals surface area contributed by atoms with E-state index in [-0.39, 0.29) is 47.7 Å². The van der Waals surface area contributed by atoms with E-state index in [0.29, 0.717) is 18.5 Å². The fourth-order valence-electron chi connectivity index (χ4n) is 3.54. The minimum absolute atomic E-state index is 0. The molecule has 2 fully saturated rings. The van der Waals surface area contributed by atoms with Gasteiger partial charge in [-0.2, -0.15) is 0 Å². The van der Waals surface area contributed by atoms with Gasteiger partial charge >= 0.3 is 0 Å². The van der Waals surface area contributed by atoms with Crippen molar-refractivity contribution in [1.82, 2.24) is 15.5 Å². The molecule has 2 aliphatic rings. The average molecular weight is 488 g/mol. The zero-order valence-electron chi connectivity index (χ0n) is 16.1. The molecule has 0 saturated heterocycles. The van der Waals surface area contributed by atoms with Crippen LogP contribution in [-0.4, -0.2) is 50.0 Å². The van der Waals surface area contributed by atoms with Crippen molar-refractivity contribution in [1.29, 1.82) is 0 Å². The summed E-state index contributed by atoms with van der Waals surface area (Å²) in [7, 11) is 3.46. The fourth-order valence-corrected chi connectivity index (χ4v) is 3.54. The number of benzene rings is 1. The van der Waals surface area contributed by atoms with Crippen molar-refractivity contribution >= 4 is 35.8 Å². The lowest BCUT2D eigenvalue weighted by Crippen LogP contribution is -2.45. The summed E-state index contributed by atoms with van der Waals surface area (Å²) in [4.78, 5) is 17.9. The number of hydrogen-bond donors (Lipinski definition) is 2. The zero-order valence-corrected chi connectivity index (χ0v) is 18.5. The summed E-state index contributed by atoms with van der Waals surface area (Å²) in [6.07, 6.45) is 6.63. The average Bonchev–Trinajstić information content (AvgIpc) is 3.23. The number of halogens is 2. The van der Waals surface area contributed by atoms with Crippen LogP contribution in [0.2, 0.25) is 0 Å². The van der Waals surface area contributed by atoms with Gasteiger partial charge in [0.2, 0.25) is 5.91 Å². The first-order chi connectivity index (χ1) is 12.5. The van der Waals surface area contributed by atoms with Crippen LogP contribution in [0.15, 0.2) is 29.3 Å². The van der Waals surface area contributed by atoms with E-state index in [4.69, 9.17) is 0 Å². The maximum Gasteiger partial charge on any atom is 0.243 e. The van der Waals surface area contributed by atoms with Gasteiger partial charge in [0, 0.05) is 32.1 Å². The number of hydrogen-bond acceptors (Lipinski definition) is 2. The molecule has 2 aliphatic carbocycles. The second-order valence-electron chi connectivity index (χ2n) is 7.69. The first-order valence-corrected chi connectivity index (χ1v) is 9.50. The van der Waals surface area contributed by atoms with Crippen molar-refractivity contribution < 1.29 is 9.18 Å². The highest BCUT2D eigenvalue weighted by Gasteiger charge is 2.45. The van der Waals surface area contributed by atoms with Gasteiger partial charge in [0.05, 0.1) is 0 Å². The molecule has 27 heavy (non-hydrogen) atoms. The molecule has 150 valence electrons. The Balaban J connectivity index is 0.00000261. The summed E-state index contributed by atoms with van der Waals surface area (Å²) in [5.74, 6) is 0.485. The second kappa shape index (κ2) is 9.71. The van der Waals surface area contributed by atoms with Gasteiger partial charge in [-0.25, -0.2) is 9.38 Å². The fraction of sp³-hybridized carbons (Fsp3) is 0.600. The standard InChI is InChI=1S/C20H29FN4O.HI/c1-25(2)18(26)13-22-19(24-15-7-3-4-8-15)23-14-20(11-12-20)16-9-5-6-10-17(16)21;/h5-6,9-10,15H,3-4,7-8,11-14H2,1-2H3,(H2,22,23,24);1H. The van der Waals surface area contributed by atoms with Crippen LogP contribution in [0.3, 0.4) is 0 Å². The maximum absolute atomic E-state index is 14.2. The lowest BCUT2D eigenvalue weighted by atomic mass is 9.95. The largest absolute Gasteiger partial charge is 0.355 e. The van der Waals surface area contributed by atoms with Crippen molar-refractivity contribution in [3.8, 4) is 0 Å². The van der Waals surface area contributed by atoms with Gasteiger partial charge in [0.15, 0.2) is 5.96 Å². The molecule has 1 aromatic rings.